The van der Waals surface area contributed by atoms with Gasteiger partial charge in [0.05, 0.1) is 12.2 Å². The maximum Gasteiger partial charge on any atom is 0.0914 e. The van der Waals surface area contributed by atoms with Crippen LogP contribution in [0, 0.1) is 0 Å². The third-order valence-electron chi connectivity index (χ3n) is 2.84. The van der Waals surface area contributed by atoms with Crippen molar-refractivity contribution >= 4 is 0 Å². The Bertz CT molecular complexity index is 170. The summed E-state index contributed by atoms with van der Waals surface area (Å²) in [6, 6.07) is 0. The van der Waals surface area contributed by atoms with Crippen LogP contribution in [-0.4, -0.2) is 25.3 Å². The quantitative estimate of drug-likeness (QED) is 0.526. The van der Waals surface area contributed by atoms with Gasteiger partial charge in [0.2, 0.25) is 0 Å². The molecule has 11 heavy (non-hydrogen) atoms. The van der Waals surface area contributed by atoms with Crippen LogP contribution in [0.3, 0.4) is 0 Å². The van der Waals surface area contributed by atoms with E-state index in [4.69, 9.17) is 4.74 Å². The average Bonchev–Trinajstić information content (AvgIpc) is 2.36. The predicted molar refractivity (Wildman–Crippen MR) is 44.5 cm³/mol. The Morgan fingerprint density at radius 1 is 1.36 bits per heavy atom. The number of ether oxygens (including phenoxy) is 1. The van der Waals surface area contributed by atoms with E-state index >= 15 is 0 Å². The molecule has 0 saturated carbocycles. The summed E-state index contributed by atoms with van der Waals surface area (Å²) in [5.41, 5.74) is 1.39. The van der Waals surface area contributed by atoms with Crippen molar-refractivity contribution in [3.63, 3.8) is 0 Å². The van der Waals surface area contributed by atoms with E-state index in [2.05, 4.69) is 11.9 Å². The molecule has 2 aliphatic rings. The zero-order valence-corrected chi connectivity index (χ0v) is 6.86. The first-order valence-electron chi connectivity index (χ1n) is 4.36. The summed E-state index contributed by atoms with van der Waals surface area (Å²) in [5.74, 6) is 0. The van der Waals surface area contributed by atoms with Gasteiger partial charge in [0, 0.05) is 0 Å². The van der Waals surface area contributed by atoms with Crippen LogP contribution in [0.25, 0.3) is 0 Å². The smallest absolute Gasteiger partial charge is 0.0914 e. The highest BCUT2D eigenvalue weighted by atomic mass is 16.5. The fraction of sp³-hybridized carbons (Fsp3) is 0.778. The van der Waals surface area contributed by atoms with Gasteiger partial charge in [-0.1, -0.05) is 6.58 Å². The van der Waals surface area contributed by atoms with Crippen molar-refractivity contribution in [1.29, 1.82) is 0 Å². The summed E-state index contributed by atoms with van der Waals surface area (Å²) in [6.45, 7) is 7.13. The fourth-order valence-corrected chi connectivity index (χ4v) is 2.03. The lowest BCUT2D eigenvalue weighted by atomic mass is 9.86. The van der Waals surface area contributed by atoms with Crippen LogP contribution in [0.5, 0.6) is 0 Å². The molecule has 2 heterocycles. The maximum absolute atomic E-state index is 5.75. The molecule has 0 aromatic heterocycles. The Morgan fingerprint density at radius 3 is 2.64 bits per heavy atom. The highest BCUT2D eigenvalue weighted by Gasteiger charge is 2.39. The monoisotopic (exact) mass is 153 g/mol. The second-order valence-electron chi connectivity index (χ2n) is 3.45. The summed E-state index contributed by atoms with van der Waals surface area (Å²) in [4.78, 5) is 0. The lowest BCUT2D eigenvalue weighted by Crippen LogP contribution is -2.42. The Morgan fingerprint density at radius 2 is 2.09 bits per heavy atom. The minimum atomic E-state index is 0.0747. The third kappa shape index (κ3) is 1.10. The van der Waals surface area contributed by atoms with E-state index in [0.717, 1.165) is 39.0 Å². The zero-order valence-electron chi connectivity index (χ0n) is 6.86. The molecule has 2 saturated heterocycles. The summed E-state index contributed by atoms with van der Waals surface area (Å²) >= 11 is 0. The van der Waals surface area contributed by atoms with Gasteiger partial charge in [-0.25, -0.2) is 0 Å². The van der Waals surface area contributed by atoms with Gasteiger partial charge in [0.25, 0.3) is 0 Å². The minimum absolute atomic E-state index is 0.0747. The molecule has 2 aliphatic heterocycles. The van der Waals surface area contributed by atoms with E-state index in [1.54, 1.807) is 0 Å². The molecule has 0 amide bonds. The molecule has 2 rings (SSSR count). The fourth-order valence-electron chi connectivity index (χ4n) is 2.03. The SMILES string of the molecule is C=C1CCOC12CCNCC2. The van der Waals surface area contributed by atoms with Gasteiger partial charge in [0.15, 0.2) is 0 Å². The highest BCUT2D eigenvalue weighted by Crippen LogP contribution is 2.37. The van der Waals surface area contributed by atoms with Crippen LogP contribution >= 0.6 is 0 Å². The van der Waals surface area contributed by atoms with Crippen molar-refractivity contribution in [1.82, 2.24) is 5.32 Å². The number of rotatable bonds is 0. The van der Waals surface area contributed by atoms with Crippen molar-refractivity contribution in [2.24, 2.45) is 0 Å². The number of hydrogen-bond acceptors (Lipinski definition) is 2. The van der Waals surface area contributed by atoms with Crippen molar-refractivity contribution < 1.29 is 4.74 Å². The van der Waals surface area contributed by atoms with Crippen molar-refractivity contribution in [2.75, 3.05) is 19.7 Å². The van der Waals surface area contributed by atoms with Gasteiger partial charge in [0.1, 0.15) is 0 Å². The summed E-state index contributed by atoms with van der Waals surface area (Å²) in [7, 11) is 0. The molecule has 2 heteroatoms. The van der Waals surface area contributed by atoms with Crippen LogP contribution in [-0.2, 0) is 4.74 Å². The van der Waals surface area contributed by atoms with Crippen molar-refractivity contribution in [2.45, 2.75) is 24.9 Å². The van der Waals surface area contributed by atoms with Crippen LogP contribution in [0.1, 0.15) is 19.3 Å². The van der Waals surface area contributed by atoms with Gasteiger partial charge >= 0.3 is 0 Å². The second-order valence-corrected chi connectivity index (χ2v) is 3.45. The van der Waals surface area contributed by atoms with Crippen molar-refractivity contribution in [3.8, 4) is 0 Å². The normalized spacial score (nSPS) is 29.6. The molecule has 0 aromatic rings. The Balaban J connectivity index is 2.12. The van der Waals surface area contributed by atoms with Gasteiger partial charge < -0.3 is 10.1 Å². The topological polar surface area (TPSA) is 21.3 Å². The molecule has 0 radical (unpaired) electrons. The lowest BCUT2D eigenvalue weighted by molar-refractivity contribution is 0.00141. The van der Waals surface area contributed by atoms with E-state index in [1.807, 2.05) is 0 Å². The molecular weight excluding hydrogens is 138 g/mol. The Labute approximate surface area is 67.6 Å². The molecule has 62 valence electrons. The van der Waals surface area contributed by atoms with Gasteiger partial charge in [-0.05, 0) is 37.9 Å². The van der Waals surface area contributed by atoms with E-state index in [0.29, 0.717) is 0 Å². The van der Waals surface area contributed by atoms with Crippen LogP contribution in [0.2, 0.25) is 0 Å². The second kappa shape index (κ2) is 2.61. The number of piperidine rings is 1. The first-order valence-corrected chi connectivity index (χ1v) is 4.36. The Kier molecular flexibility index (Phi) is 1.74. The Hall–Kier alpha value is -0.340. The molecule has 0 atom stereocenters. The average molecular weight is 153 g/mol. The molecular formula is C9H15NO. The summed E-state index contributed by atoms with van der Waals surface area (Å²) in [5, 5.41) is 3.34. The van der Waals surface area contributed by atoms with Crippen molar-refractivity contribution in [3.05, 3.63) is 12.2 Å². The largest absolute Gasteiger partial charge is 0.370 e. The molecule has 1 N–H and O–H groups in total. The highest BCUT2D eigenvalue weighted by molar-refractivity contribution is 5.18. The summed E-state index contributed by atoms with van der Waals surface area (Å²) in [6.07, 6.45) is 3.30. The molecule has 1 spiro atoms. The summed E-state index contributed by atoms with van der Waals surface area (Å²) < 4.78 is 5.75. The van der Waals surface area contributed by atoms with Crippen LogP contribution < -0.4 is 5.32 Å². The molecule has 0 aliphatic carbocycles. The number of hydrogen-bond donors (Lipinski definition) is 1. The van der Waals surface area contributed by atoms with Crippen LogP contribution in [0.4, 0.5) is 0 Å². The first-order chi connectivity index (χ1) is 5.33. The predicted octanol–water partition coefficient (Wildman–Crippen LogP) is 1.09. The van der Waals surface area contributed by atoms with Gasteiger partial charge in [-0.15, -0.1) is 0 Å². The van der Waals surface area contributed by atoms with E-state index < -0.39 is 0 Å². The zero-order chi connectivity index (χ0) is 7.73. The standard InChI is InChI=1S/C9H15NO/c1-8-2-7-11-9(8)3-5-10-6-4-9/h10H,1-7H2. The molecule has 2 nitrogen and oxygen atoms in total. The first kappa shape index (κ1) is 7.32. The maximum atomic E-state index is 5.75. The van der Waals surface area contributed by atoms with Gasteiger partial charge in [-0.2, -0.15) is 0 Å². The number of nitrogens with one attached hydrogen (secondary N) is 1. The minimum Gasteiger partial charge on any atom is -0.370 e. The van der Waals surface area contributed by atoms with E-state index in [1.165, 1.54) is 5.57 Å². The van der Waals surface area contributed by atoms with Crippen LogP contribution in [0.15, 0.2) is 12.2 Å². The van der Waals surface area contributed by atoms with E-state index in [-0.39, 0.29) is 5.60 Å². The van der Waals surface area contributed by atoms with Gasteiger partial charge in [-0.3, -0.25) is 0 Å². The molecule has 2 fully saturated rings. The molecule has 0 bridgehead atoms. The van der Waals surface area contributed by atoms with E-state index in [9.17, 15) is 0 Å². The lowest BCUT2D eigenvalue weighted by Gasteiger charge is -2.33. The third-order valence-corrected chi connectivity index (χ3v) is 2.84. The molecule has 0 aromatic carbocycles. The molecule has 0 unspecified atom stereocenters.